The van der Waals surface area contributed by atoms with Crippen molar-refractivity contribution in [1.29, 1.82) is 0 Å². The van der Waals surface area contributed by atoms with Gasteiger partial charge in [-0.1, -0.05) is 12.1 Å². The number of nitrogens with zero attached hydrogens (tertiary/aromatic N) is 2. The van der Waals surface area contributed by atoms with Gasteiger partial charge in [0.2, 0.25) is 0 Å². The van der Waals surface area contributed by atoms with E-state index in [4.69, 9.17) is 10.8 Å². The summed E-state index contributed by atoms with van der Waals surface area (Å²) in [6.45, 7) is 0. The van der Waals surface area contributed by atoms with Gasteiger partial charge in [0.1, 0.15) is 0 Å². The zero-order valence-electron chi connectivity index (χ0n) is 9.85. The maximum absolute atomic E-state index is 12.6. The third-order valence-corrected chi connectivity index (χ3v) is 2.49. The Labute approximate surface area is 110 Å². The number of hydrogen-bond donors (Lipinski definition) is 2. The van der Waals surface area contributed by atoms with Gasteiger partial charge in [-0.3, -0.25) is 0 Å². The van der Waals surface area contributed by atoms with E-state index in [1.165, 1.54) is 12.1 Å². The number of benzene rings is 1. The quantitative estimate of drug-likeness (QED) is 0.883. The molecule has 1 heterocycles. The van der Waals surface area contributed by atoms with Gasteiger partial charge in [-0.25, -0.2) is 14.8 Å². The van der Waals surface area contributed by atoms with Gasteiger partial charge >= 0.3 is 12.1 Å². The summed E-state index contributed by atoms with van der Waals surface area (Å²) >= 11 is 0. The standard InChI is InChI=1S/C12H8F3N3O2/c13-12(14,15)7-3-1-2-6(4-7)8-5-17-10(16)9(18-8)11(19)20/h1-5H,(H2,16,17)(H,19,20). The number of aromatic nitrogens is 2. The molecular weight excluding hydrogens is 275 g/mol. The lowest BCUT2D eigenvalue weighted by Gasteiger charge is -2.09. The van der Waals surface area contributed by atoms with Crippen LogP contribution in [0.2, 0.25) is 0 Å². The van der Waals surface area contributed by atoms with Crippen LogP contribution >= 0.6 is 0 Å². The Hall–Kier alpha value is -2.64. The van der Waals surface area contributed by atoms with Crippen LogP contribution in [0, 0.1) is 0 Å². The predicted octanol–water partition coefficient (Wildman–Crippen LogP) is 2.44. The molecule has 0 saturated carbocycles. The topological polar surface area (TPSA) is 89.1 Å². The number of carboxylic acids is 1. The fourth-order valence-electron chi connectivity index (χ4n) is 1.55. The SMILES string of the molecule is Nc1ncc(-c2cccc(C(F)(F)F)c2)nc1C(=O)O. The minimum Gasteiger partial charge on any atom is -0.476 e. The lowest BCUT2D eigenvalue weighted by atomic mass is 10.1. The molecule has 0 aliphatic carbocycles. The van der Waals surface area contributed by atoms with Crippen LogP contribution in [-0.2, 0) is 6.18 Å². The molecule has 2 rings (SSSR count). The minimum absolute atomic E-state index is 0.00250. The summed E-state index contributed by atoms with van der Waals surface area (Å²) in [5.74, 6) is -1.70. The highest BCUT2D eigenvalue weighted by Gasteiger charge is 2.30. The summed E-state index contributed by atoms with van der Waals surface area (Å²) in [6, 6.07) is 4.36. The van der Waals surface area contributed by atoms with E-state index in [0.717, 1.165) is 18.3 Å². The number of rotatable bonds is 2. The fourth-order valence-corrected chi connectivity index (χ4v) is 1.55. The normalized spacial score (nSPS) is 11.3. The van der Waals surface area contributed by atoms with E-state index in [2.05, 4.69) is 9.97 Å². The lowest BCUT2D eigenvalue weighted by molar-refractivity contribution is -0.137. The molecule has 104 valence electrons. The molecule has 0 fully saturated rings. The third kappa shape index (κ3) is 2.68. The lowest BCUT2D eigenvalue weighted by Crippen LogP contribution is -2.09. The van der Waals surface area contributed by atoms with E-state index < -0.39 is 23.4 Å². The Bertz CT molecular complexity index is 671. The van der Waals surface area contributed by atoms with Crippen LogP contribution in [0.1, 0.15) is 16.1 Å². The van der Waals surface area contributed by atoms with Crippen molar-refractivity contribution < 1.29 is 23.1 Å². The number of hydrogen-bond acceptors (Lipinski definition) is 4. The molecule has 0 aliphatic rings. The molecule has 0 aliphatic heterocycles. The second-order valence-corrected chi connectivity index (χ2v) is 3.87. The van der Waals surface area contributed by atoms with Gasteiger partial charge < -0.3 is 10.8 Å². The summed E-state index contributed by atoms with van der Waals surface area (Å²) < 4.78 is 37.8. The number of nitrogen functional groups attached to an aromatic ring is 1. The Morgan fingerprint density at radius 3 is 2.60 bits per heavy atom. The first kappa shape index (κ1) is 13.8. The van der Waals surface area contributed by atoms with Crippen molar-refractivity contribution >= 4 is 11.8 Å². The molecule has 0 saturated heterocycles. The van der Waals surface area contributed by atoms with E-state index in [0.29, 0.717) is 0 Å². The maximum atomic E-state index is 12.6. The molecule has 1 aromatic carbocycles. The summed E-state index contributed by atoms with van der Waals surface area (Å²) in [4.78, 5) is 18.2. The highest BCUT2D eigenvalue weighted by molar-refractivity contribution is 5.90. The van der Waals surface area contributed by atoms with Crippen LogP contribution in [0.4, 0.5) is 19.0 Å². The van der Waals surface area contributed by atoms with Crippen LogP contribution in [0.5, 0.6) is 0 Å². The number of carboxylic acid groups (broad SMARTS) is 1. The summed E-state index contributed by atoms with van der Waals surface area (Å²) in [6.07, 6.45) is -3.37. The fraction of sp³-hybridized carbons (Fsp3) is 0.0833. The highest BCUT2D eigenvalue weighted by atomic mass is 19.4. The van der Waals surface area contributed by atoms with Gasteiger partial charge in [-0.2, -0.15) is 13.2 Å². The van der Waals surface area contributed by atoms with Crippen LogP contribution in [0.3, 0.4) is 0 Å². The maximum Gasteiger partial charge on any atom is 0.416 e. The smallest absolute Gasteiger partial charge is 0.416 e. The molecule has 0 unspecified atom stereocenters. The first-order chi connectivity index (χ1) is 9.29. The molecule has 0 atom stereocenters. The molecular formula is C12H8F3N3O2. The van der Waals surface area contributed by atoms with Gasteiger partial charge in [0.05, 0.1) is 17.5 Å². The molecule has 0 amide bonds. The van der Waals surface area contributed by atoms with Crippen LogP contribution < -0.4 is 5.73 Å². The molecule has 3 N–H and O–H groups in total. The molecule has 0 spiro atoms. The van der Waals surface area contributed by atoms with Crippen molar-refractivity contribution in [2.24, 2.45) is 0 Å². The Kier molecular flexibility index (Phi) is 3.31. The molecule has 5 nitrogen and oxygen atoms in total. The number of halogens is 3. The van der Waals surface area contributed by atoms with Crippen molar-refractivity contribution in [3.8, 4) is 11.3 Å². The van der Waals surface area contributed by atoms with E-state index in [1.807, 2.05) is 0 Å². The predicted molar refractivity (Wildman–Crippen MR) is 63.8 cm³/mol. The zero-order chi connectivity index (χ0) is 14.9. The van der Waals surface area contributed by atoms with E-state index in [-0.39, 0.29) is 17.1 Å². The molecule has 2 aromatic rings. The van der Waals surface area contributed by atoms with Gasteiger partial charge in [0.25, 0.3) is 0 Å². The van der Waals surface area contributed by atoms with E-state index in [1.54, 1.807) is 0 Å². The summed E-state index contributed by atoms with van der Waals surface area (Å²) in [5.41, 5.74) is 4.09. The van der Waals surface area contributed by atoms with Crippen LogP contribution in [0.15, 0.2) is 30.5 Å². The van der Waals surface area contributed by atoms with Crippen molar-refractivity contribution in [3.63, 3.8) is 0 Å². The second kappa shape index (κ2) is 4.80. The van der Waals surface area contributed by atoms with Gasteiger partial charge in [0.15, 0.2) is 11.5 Å². The zero-order valence-corrected chi connectivity index (χ0v) is 9.85. The van der Waals surface area contributed by atoms with Gasteiger partial charge in [0, 0.05) is 5.56 Å². The van der Waals surface area contributed by atoms with E-state index in [9.17, 15) is 18.0 Å². The summed E-state index contributed by atoms with van der Waals surface area (Å²) in [7, 11) is 0. The van der Waals surface area contributed by atoms with E-state index >= 15 is 0 Å². The first-order valence-corrected chi connectivity index (χ1v) is 5.32. The van der Waals surface area contributed by atoms with Gasteiger partial charge in [-0.15, -0.1) is 0 Å². The second-order valence-electron chi connectivity index (χ2n) is 3.87. The van der Waals surface area contributed by atoms with Crippen LogP contribution in [0.25, 0.3) is 11.3 Å². The number of carbonyl (C=O) groups is 1. The largest absolute Gasteiger partial charge is 0.476 e. The number of nitrogens with two attached hydrogens (primary N) is 1. The monoisotopic (exact) mass is 283 g/mol. The van der Waals surface area contributed by atoms with Crippen molar-refractivity contribution in [2.75, 3.05) is 5.73 Å². The molecule has 0 radical (unpaired) electrons. The number of alkyl halides is 3. The Morgan fingerprint density at radius 2 is 2.00 bits per heavy atom. The molecule has 8 heteroatoms. The number of anilines is 1. The Balaban J connectivity index is 2.52. The summed E-state index contributed by atoms with van der Waals surface area (Å²) in [5, 5.41) is 8.86. The van der Waals surface area contributed by atoms with Gasteiger partial charge in [-0.05, 0) is 12.1 Å². The van der Waals surface area contributed by atoms with Crippen molar-refractivity contribution in [1.82, 2.24) is 9.97 Å². The highest BCUT2D eigenvalue weighted by Crippen LogP contribution is 2.31. The molecule has 20 heavy (non-hydrogen) atoms. The molecule has 1 aromatic heterocycles. The van der Waals surface area contributed by atoms with Crippen molar-refractivity contribution in [3.05, 3.63) is 41.7 Å². The average molecular weight is 283 g/mol. The third-order valence-electron chi connectivity index (χ3n) is 2.49. The van der Waals surface area contributed by atoms with Crippen molar-refractivity contribution in [2.45, 2.75) is 6.18 Å². The molecule has 0 bridgehead atoms. The first-order valence-electron chi connectivity index (χ1n) is 5.32. The average Bonchev–Trinajstić information content (AvgIpc) is 2.38. The minimum atomic E-state index is -4.49. The van der Waals surface area contributed by atoms with Crippen LogP contribution in [-0.4, -0.2) is 21.0 Å². The number of aromatic carboxylic acids is 1. The Morgan fingerprint density at radius 1 is 1.30 bits per heavy atom.